The van der Waals surface area contributed by atoms with Crippen molar-refractivity contribution in [3.8, 4) is 5.75 Å². The van der Waals surface area contributed by atoms with Crippen molar-refractivity contribution in [2.45, 2.75) is 26.0 Å². The van der Waals surface area contributed by atoms with Gasteiger partial charge >= 0.3 is 0 Å². The molecule has 1 heterocycles. The lowest BCUT2D eigenvalue weighted by atomic mass is 10.1. The lowest BCUT2D eigenvalue weighted by molar-refractivity contribution is 0.184. The van der Waals surface area contributed by atoms with Crippen LogP contribution >= 0.6 is 27.3 Å². The van der Waals surface area contributed by atoms with E-state index in [0.29, 0.717) is 0 Å². The molecule has 0 radical (unpaired) electrons. The van der Waals surface area contributed by atoms with Crippen molar-refractivity contribution < 1.29 is 4.74 Å². The maximum atomic E-state index is 6.03. The van der Waals surface area contributed by atoms with Crippen LogP contribution in [0.2, 0.25) is 0 Å². The van der Waals surface area contributed by atoms with Crippen LogP contribution in [0.25, 0.3) is 0 Å². The van der Waals surface area contributed by atoms with Crippen LogP contribution in [0.4, 0.5) is 0 Å². The Hall–Kier alpha value is -0.840. The molecule has 2 atom stereocenters. The number of aryl methyl sites for hydroxylation is 1. The number of benzene rings is 1. The summed E-state index contributed by atoms with van der Waals surface area (Å²) in [5, 5.41) is 2.05. The molecule has 96 valence electrons. The molecule has 2 N–H and O–H groups in total. The fraction of sp³-hybridized carbons (Fsp3) is 0.286. The summed E-state index contributed by atoms with van der Waals surface area (Å²) in [5.74, 6) is 0.863. The zero-order valence-corrected chi connectivity index (χ0v) is 12.8. The SMILES string of the molecule is Cc1cccc(OC(c2cc(Br)cs2)C(C)N)c1. The van der Waals surface area contributed by atoms with E-state index < -0.39 is 0 Å². The maximum absolute atomic E-state index is 6.03. The second-order valence-electron chi connectivity index (χ2n) is 4.38. The molecule has 18 heavy (non-hydrogen) atoms. The fourth-order valence-electron chi connectivity index (χ4n) is 1.74. The highest BCUT2D eigenvalue weighted by molar-refractivity contribution is 9.10. The summed E-state index contributed by atoms with van der Waals surface area (Å²) in [7, 11) is 0. The number of thiophene rings is 1. The van der Waals surface area contributed by atoms with E-state index in [1.54, 1.807) is 11.3 Å². The lowest BCUT2D eigenvalue weighted by Crippen LogP contribution is -2.28. The molecule has 4 heteroatoms. The van der Waals surface area contributed by atoms with Crippen LogP contribution in [0, 0.1) is 6.92 Å². The Kier molecular flexibility index (Phi) is 4.43. The fourth-order valence-corrected chi connectivity index (χ4v) is 3.32. The molecule has 0 aliphatic rings. The van der Waals surface area contributed by atoms with Crippen molar-refractivity contribution in [3.63, 3.8) is 0 Å². The van der Waals surface area contributed by atoms with Crippen molar-refractivity contribution in [1.82, 2.24) is 0 Å². The Morgan fingerprint density at radius 2 is 2.11 bits per heavy atom. The van der Waals surface area contributed by atoms with E-state index in [2.05, 4.69) is 35.0 Å². The second-order valence-corrected chi connectivity index (χ2v) is 6.24. The smallest absolute Gasteiger partial charge is 0.148 e. The summed E-state index contributed by atoms with van der Waals surface area (Å²) in [6, 6.07) is 10.0. The van der Waals surface area contributed by atoms with Crippen molar-refractivity contribution in [1.29, 1.82) is 0 Å². The minimum Gasteiger partial charge on any atom is -0.483 e. The third kappa shape index (κ3) is 3.34. The highest BCUT2D eigenvalue weighted by atomic mass is 79.9. The van der Waals surface area contributed by atoms with Gasteiger partial charge in [-0.25, -0.2) is 0 Å². The molecular formula is C14H16BrNOS. The first-order valence-electron chi connectivity index (χ1n) is 5.79. The van der Waals surface area contributed by atoms with Gasteiger partial charge in [-0.05, 0) is 53.5 Å². The summed E-state index contributed by atoms with van der Waals surface area (Å²) in [4.78, 5) is 1.14. The number of ether oxygens (including phenoxy) is 1. The molecule has 0 aliphatic heterocycles. The molecule has 0 spiro atoms. The van der Waals surface area contributed by atoms with Gasteiger partial charge < -0.3 is 10.5 Å². The van der Waals surface area contributed by atoms with Crippen molar-refractivity contribution in [2.75, 3.05) is 0 Å². The summed E-state index contributed by atoms with van der Waals surface area (Å²) in [6.45, 7) is 4.02. The molecule has 1 aromatic carbocycles. The second kappa shape index (κ2) is 5.87. The van der Waals surface area contributed by atoms with Crippen molar-refractivity contribution in [2.24, 2.45) is 5.73 Å². The van der Waals surface area contributed by atoms with Crippen LogP contribution in [-0.4, -0.2) is 6.04 Å². The van der Waals surface area contributed by atoms with Gasteiger partial charge in [0.2, 0.25) is 0 Å². The van der Waals surface area contributed by atoms with Gasteiger partial charge in [0, 0.05) is 20.8 Å². The van der Waals surface area contributed by atoms with E-state index in [4.69, 9.17) is 10.5 Å². The number of hydrogen-bond donors (Lipinski definition) is 1. The average Bonchev–Trinajstić information content (AvgIpc) is 2.72. The summed E-state index contributed by atoms with van der Waals surface area (Å²) in [6.07, 6.45) is -0.108. The Bertz CT molecular complexity index is 524. The van der Waals surface area contributed by atoms with Crippen LogP contribution in [0.15, 0.2) is 40.2 Å². The Morgan fingerprint density at radius 3 is 2.67 bits per heavy atom. The maximum Gasteiger partial charge on any atom is 0.148 e. The minimum atomic E-state index is -0.108. The molecule has 2 rings (SSSR count). The largest absolute Gasteiger partial charge is 0.483 e. The molecular weight excluding hydrogens is 310 g/mol. The number of halogens is 1. The van der Waals surface area contributed by atoms with Gasteiger partial charge in [-0.15, -0.1) is 11.3 Å². The first-order chi connectivity index (χ1) is 8.56. The topological polar surface area (TPSA) is 35.2 Å². The van der Waals surface area contributed by atoms with Gasteiger partial charge in [0.25, 0.3) is 0 Å². The predicted octanol–water partition coefficient (Wildman–Crippen LogP) is 4.29. The lowest BCUT2D eigenvalue weighted by Gasteiger charge is -2.21. The van der Waals surface area contributed by atoms with E-state index in [1.165, 1.54) is 5.56 Å². The molecule has 1 aromatic heterocycles. The Balaban J connectivity index is 2.22. The molecule has 2 nitrogen and oxygen atoms in total. The standard InChI is InChI=1S/C14H16BrNOS/c1-9-4-3-5-12(6-9)17-14(10(2)16)13-7-11(15)8-18-13/h3-8,10,14H,16H2,1-2H3. The van der Waals surface area contributed by atoms with Gasteiger partial charge in [-0.3, -0.25) is 0 Å². The number of hydrogen-bond acceptors (Lipinski definition) is 3. The zero-order valence-electron chi connectivity index (χ0n) is 10.4. The molecule has 0 fully saturated rings. The zero-order chi connectivity index (χ0) is 13.1. The normalized spacial score (nSPS) is 14.2. The molecule has 0 amide bonds. The summed E-state index contributed by atoms with van der Waals surface area (Å²) in [5.41, 5.74) is 7.21. The quantitative estimate of drug-likeness (QED) is 0.910. The molecule has 0 saturated carbocycles. The predicted molar refractivity (Wildman–Crippen MR) is 80.2 cm³/mol. The van der Waals surface area contributed by atoms with Gasteiger partial charge in [0.05, 0.1) is 0 Å². The van der Waals surface area contributed by atoms with E-state index in [-0.39, 0.29) is 12.1 Å². The van der Waals surface area contributed by atoms with Crippen LogP contribution < -0.4 is 10.5 Å². The van der Waals surface area contributed by atoms with Crippen LogP contribution in [-0.2, 0) is 0 Å². The Labute approximate surface area is 120 Å². The van der Waals surface area contributed by atoms with E-state index in [9.17, 15) is 0 Å². The van der Waals surface area contributed by atoms with Gasteiger partial charge in [-0.2, -0.15) is 0 Å². The number of rotatable bonds is 4. The number of nitrogens with two attached hydrogens (primary N) is 1. The average molecular weight is 326 g/mol. The van der Waals surface area contributed by atoms with E-state index in [0.717, 1.165) is 15.1 Å². The van der Waals surface area contributed by atoms with E-state index in [1.807, 2.05) is 30.5 Å². The van der Waals surface area contributed by atoms with Crippen molar-refractivity contribution >= 4 is 27.3 Å². The highest BCUT2D eigenvalue weighted by Gasteiger charge is 2.20. The molecule has 0 aliphatic carbocycles. The van der Waals surface area contributed by atoms with Crippen molar-refractivity contribution in [3.05, 3.63) is 50.6 Å². The summed E-state index contributed by atoms with van der Waals surface area (Å²) >= 11 is 5.12. The highest BCUT2D eigenvalue weighted by Crippen LogP contribution is 2.31. The summed E-state index contributed by atoms with van der Waals surface area (Å²) < 4.78 is 7.09. The van der Waals surface area contributed by atoms with Crippen LogP contribution in [0.1, 0.15) is 23.5 Å². The first kappa shape index (κ1) is 13.6. The van der Waals surface area contributed by atoms with Gasteiger partial charge in [-0.1, -0.05) is 12.1 Å². The molecule has 0 saturated heterocycles. The third-order valence-electron chi connectivity index (χ3n) is 2.60. The first-order valence-corrected chi connectivity index (χ1v) is 7.46. The van der Waals surface area contributed by atoms with E-state index >= 15 is 0 Å². The van der Waals surface area contributed by atoms with Gasteiger partial charge in [0.1, 0.15) is 11.9 Å². The molecule has 2 unspecified atom stereocenters. The molecule has 0 bridgehead atoms. The molecule has 2 aromatic rings. The van der Waals surface area contributed by atoms with Crippen LogP contribution in [0.5, 0.6) is 5.75 Å². The van der Waals surface area contributed by atoms with Crippen LogP contribution in [0.3, 0.4) is 0 Å². The Morgan fingerprint density at radius 1 is 1.33 bits per heavy atom. The minimum absolute atomic E-state index is 0.0592. The third-order valence-corrected chi connectivity index (χ3v) is 4.35. The monoisotopic (exact) mass is 325 g/mol. The van der Waals surface area contributed by atoms with Gasteiger partial charge in [0.15, 0.2) is 0 Å².